The average molecular weight is 365 g/mol. The highest BCUT2D eigenvalue weighted by molar-refractivity contribution is 6.04. The van der Waals surface area contributed by atoms with Crippen LogP contribution in [-0.4, -0.2) is 41.4 Å². The summed E-state index contributed by atoms with van der Waals surface area (Å²) in [6, 6.07) is 15.3. The Morgan fingerprint density at radius 1 is 1.04 bits per heavy atom. The summed E-state index contributed by atoms with van der Waals surface area (Å²) >= 11 is 0. The summed E-state index contributed by atoms with van der Waals surface area (Å²) in [5.74, 6) is -0.00221. The van der Waals surface area contributed by atoms with Crippen LogP contribution >= 0.6 is 0 Å². The lowest BCUT2D eigenvalue weighted by atomic mass is 10.1. The Kier molecular flexibility index (Phi) is 6.12. The molecule has 0 unspecified atom stereocenters. The second kappa shape index (κ2) is 8.71. The Balaban J connectivity index is 1.79. The Hall–Kier alpha value is -2.82. The van der Waals surface area contributed by atoms with E-state index in [0.29, 0.717) is 24.3 Å². The molecular formula is C22H27N3O2. The van der Waals surface area contributed by atoms with Crippen LogP contribution in [0.25, 0.3) is 0 Å². The van der Waals surface area contributed by atoms with Crippen molar-refractivity contribution >= 4 is 17.6 Å². The van der Waals surface area contributed by atoms with Gasteiger partial charge < -0.3 is 15.1 Å². The van der Waals surface area contributed by atoms with E-state index in [1.54, 1.807) is 11.0 Å². The molecule has 0 atom stereocenters. The molecule has 3 rings (SSSR count). The smallest absolute Gasteiger partial charge is 0.322 e. The van der Waals surface area contributed by atoms with E-state index in [1.807, 2.05) is 61.2 Å². The molecule has 1 N–H and O–H groups in total. The van der Waals surface area contributed by atoms with Gasteiger partial charge in [0.15, 0.2) is 0 Å². The number of rotatable bonds is 5. The van der Waals surface area contributed by atoms with Crippen molar-refractivity contribution in [2.45, 2.75) is 33.2 Å². The standard InChI is InChI=1S/C22H27N3O2/c1-3-24(16-18-11-5-4-6-12-18)22(27)23-20-17(2)10-9-13-19(20)21(26)25-14-7-8-15-25/h4-6,9-13H,3,7-8,14-16H2,1-2H3,(H,23,27). The van der Waals surface area contributed by atoms with Crippen LogP contribution in [0.2, 0.25) is 0 Å². The number of carbonyl (C=O) groups excluding carboxylic acids is 2. The highest BCUT2D eigenvalue weighted by atomic mass is 16.2. The van der Waals surface area contributed by atoms with E-state index in [9.17, 15) is 9.59 Å². The number of para-hydroxylation sites is 1. The van der Waals surface area contributed by atoms with Gasteiger partial charge in [0.1, 0.15) is 0 Å². The minimum absolute atomic E-state index is 0.00221. The number of benzene rings is 2. The first-order valence-electron chi connectivity index (χ1n) is 9.59. The van der Waals surface area contributed by atoms with Gasteiger partial charge >= 0.3 is 6.03 Å². The van der Waals surface area contributed by atoms with E-state index in [0.717, 1.165) is 37.1 Å². The SMILES string of the molecule is CCN(Cc1ccccc1)C(=O)Nc1c(C)cccc1C(=O)N1CCCC1. The van der Waals surface area contributed by atoms with Gasteiger partial charge in [-0.3, -0.25) is 4.79 Å². The van der Waals surface area contributed by atoms with Crippen LogP contribution in [-0.2, 0) is 6.54 Å². The number of nitrogens with one attached hydrogen (secondary N) is 1. The van der Waals surface area contributed by atoms with Gasteiger partial charge in [-0.25, -0.2) is 4.79 Å². The summed E-state index contributed by atoms with van der Waals surface area (Å²) in [6.07, 6.45) is 2.08. The lowest BCUT2D eigenvalue weighted by molar-refractivity contribution is 0.0793. The second-order valence-electron chi connectivity index (χ2n) is 6.93. The van der Waals surface area contributed by atoms with Crippen molar-refractivity contribution < 1.29 is 9.59 Å². The normalized spacial score (nSPS) is 13.5. The Bertz CT molecular complexity index is 798. The lowest BCUT2D eigenvalue weighted by Gasteiger charge is -2.24. The predicted octanol–water partition coefficient (Wildman–Crippen LogP) is 4.29. The molecule has 27 heavy (non-hydrogen) atoms. The first-order chi connectivity index (χ1) is 13.1. The third kappa shape index (κ3) is 4.48. The Morgan fingerprint density at radius 3 is 2.41 bits per heavy atom. The molecule has 1 saturated heterocycles. The fourth-order valence-electron chi connectivity index (χ4n) is 3.42. The molecule has 1 aliphatic rings. The van der Waals surface area contributed by atoms with Crippen LogP contribution < -0.4 is 5.32 Å². The van der Waals surface area contributed by atoms with Gasteiger partial charge in [-0.1, -0.05) is 42.5 Å². The highest BCUT2D eigenvalue weighted by Crippen LogP contribution is 2.24. The van der Waals surface area contributed by atoms with E-state index >= 15 is 0 Å². The summed E-state index contributed by atoms with van der Waals surface area (Å²) in [7, 11) is 0. The molecule has 0 saturated carbocycles. The molecule has 142 valence electrons. The number of nitrogens with zero attached hydrogens (tertiary/aromatic N) is 2. The fourth-order valence-corrected chi connectivity index (χ4v) is 3.42. The third-order valence-corrected chi connectivity index (χ3v) is 5.01. The van der Waals surface area contributed by atoms with Crippen LogP contribution in [0, 0.1) is 6.92 Å². The van der Waals surface area contributed by atoms with Crippen molar-refractivity contribution in [3.8, 4) is 0 Å². The topological polar surface area (TPSA) is 52.7 Å². The molecule has 2 aromatic carbocycles. The van der Waals surface area contributed by atoms with Crippen molar-refractivity contribution in [2.75, 3.05) is 25.0 Å². The summed E-state index contributed by atoms with van der Waals surface area (Å²) in [5.41, 5.74) is 3.16. The van der Waals surface area contributed by atoms with E-state index in [1.165, 1.54) is 0 Å². The van der Waals surface area contributed by atoms with E-state index < -0.39 is 0 Å². The average Bonchev–Trinajstić information content (AvgIpc) is 3.22. The number of carbonyl (C=O) groups is 2. The number of likely N-dealkylation sites (tertiary alicyclic amines) is 1. The van der Waals surface area contributed by atoms with E-state index in [4.69, 9.17) is 0 Å². The Labute approximate surface area is 161 Å². The number of amides is 3. The third-order valence-electron chi connectivity index (χ3n) is 5.01. The molecule has 0 bridgehead atoms. The monoisotopic (exact) mass is 365 g/mol. The largest absolute Gasteiger partial charge is 0.339 e. The number of hydrogen-bond acceptors (Lipinski definition) is 2. The molecule has 1 fully saturated rings. The zero-order chi connectivity index (χ0) is 19.2. The van der Waals surface area contributed by atoms with Crippen molar-refractivity contribution in [2.24, 2.45) is 0 Å². The number of anilines is 1. The molecule has 0 aromatic heterocycles. The maximum absolute atomic E-state index is 12.9. The van der Waals surface area contributed by atoms with Gasteiger partial charge in [-0.2, -0.15) is 0 Å². The number of urea groups is 1. The van der Waals surface area contributed by atoms with Crippen LogP contribution in [0.5, 0.6) is 0 Å². The Morgan fingerprint density at radius 2 is 1.74 bits per heavy atom. The van der Waals surface area contributed by atoms with Gasteiger partial charge in [0.25, 0.3) is 5.91 Å². The van der Waals surface area contributed by atoms with Crippen LogP contribution in [0.15, 0.2) is 48.5 Å². The maximum atomic E-state index is 12.9. The molecule has 3 amide bonds. The summed E-state index contributed by atoms with van der Waals surface area (Å²) in [5, 5.41) is 2.99. The molecule has 1 heterocycles. The second-order valence-corrected chi connectivity index (χ2v) is 6.93. The molecule has 5 heteroatoms. The summed E-state index contributed by atoms with van der Waals surface area (Å²) < 4.78 is 0. The van der Waals surface area contributed by atoms with Crippen molar-refractivity contribution in [3.05, 3.63) is 65.2 Å². The first-order valence-corrected chi connectivity index (χ1v) is 9.59. The molecule has 0 spiro atoms. The van der Waals surface area contributed by atoms with E-state index in [2.05, 4.69) is 5.32 Å². The van der Waals surface area contributed by atoms with Gasteiger partial charge in [0, 0.05) is 26.2 Å². The van der Waals surface area contributed by atoms with E-state index in [-0.39, 0.29) is 11.9 Å². The fraction of sp³-hybridized carbons (Fsp3) is 0.364. The first kappa shape index (κ1) is 19.0. The van der Waals surface area contributed by atoms with Crippen LogP contribution in [0.4, 0.5) is 10.5 Å². The number of aryl methyl sites for hydroxylation is 1. The minimum atomic E-state index is -0.189. The zero-order valence-corrected chi connectivity index (χ0v) is 16.1. The zero-order valence-electron chi connectivity index (χ0n) is 16.1. The minimum Gasteiger partial charge on any atom is -0.339 e. The summed E-state index contributed by atoms with van der Waals surface area (Å²) in [4.78, 5) is 29.4. The molecule has 5 nitrogen and oxygen atoms in total. The van der Waals surface area contributed by atoms with Crippen LogP contribution in [0.3, 0.4) is 0 Å². The lowest BCUT2D eigenvalue weighted by Crippen LogP contribution is -2.35. The predicted molar refractivity (Wildman–Crippen MR) is 108 cm³/mol. The molecule has 2 aromatic rings. The van der Waals surface area contributed by atoms with Crippen molar-refractivity contribution in [1.82, 2.24) is 9.80 Å². The molecular weight excluding hydrogens is 338 g/mol. The highest BCUT2D eigenvalue weighted by Gasteiger charge is 2.24. The summed E-state index contributed by atoms with van der Waals surface area (Å²) in [6.45, 7) is 6.57. The molecule has 1 aliphatic heterocycles. The van der Waals surface area contributed by atoms with Crippen molar-refractivity contribution in [3.63, 3.8) is 0 Å². The molecule has 0 aliphatic carbocycles. The van der Waals surface area contributed by atoms with Gasteiger partial charge in [-0.15, -0.1) is 0 Å². The quantitative estimate of drug-likeness (QED) is 0.859. The maximum Gasteiger partial charge on any atom is 0.322 e. The van der Waals surface area contributed by atoms with Gasteiger partial charge in [0.05, 0.1) is 11.3 Å². The van der Waals surface area contributed by atoms with Crippen LogP contribution in [0.1, 0.15) is 41.3 Å². The van der Waals surface area contributed by atoms with Gasteiger partial charge in [-0.05, 0) is 43.9 Å². The molecule has 0 radical (unpaired) electrons. The van der Waals surface area contributed by atoms with Gasteiger partial charge in [0.2, 0.25) is 0 Å². The number of hydrogen-bond donors (Lipinski definition) is 1. The van der Waals surface area contributed by atoms with Crippen molar-refractivity contribution in [1.29, 1.82) is 0 Å².